The molecule has 0 fully saturated rings. The molecule has 0 heterocycles. The fourth-order valence-corrected chi connectivity index (χ4v) is 3.93. The van der Waals surface area contributed by atoms with E-state index in [1.807, 2.05) is 13.0 Å². The quantitative estimate of drug-likeness (QED) is 0.477. The van der Waals surface area contributed by atoms with Crippen LogP contribution < -0.4 is 5.32 Å². The molecule has 6 heteroatoms. The van der Waals surface area contributed by atoms with Crippen LogP contribution in [0.15, 0.2) is 59.7 Å². The van der Waals surface area contributed by atoms with Crippen molar-refractivity contribution in [3.05, 3.63) is 86.4 Å². The Morgan fingerprint density at radius 1 is 1.00 bits per heavy atom. The SMILES string of the molecule is CCC1=C(C(=O)NC(=O)C(=O)c2ccccc2C)C=C(c2cccc(Cl)c2Cl)CC1. The topological polar surface area (TPSA) is 63.2 Å². The predicted molar refractivity (Wildman–Crippen MR) is 120 cm³/mol. The van der Waals surface area contributed by atoms with Crippen LogP contribution in [0.3, 0.4) is 0 Å². The Morgan fingerprint density at radius 2 is 1.73 bits per heavy atom. The molecule has 1 aliphatic rings. The molecule has 0 radical (unpaired) electrons. The molecule has 3 rings (SSSR count). The lowest BCUT2D eigenvalue weighted by Crippen LogP contribution is -2.37. The van der Waals surface area contributed by atoms with Crippen LogP contribution in [0.4, 0.5) is 0 Å². The minimum atomic E-state index is -0.946. The number of hydrogen-bond donors (Lipinski definition) is 1. The van der Waals surface area contributed by atoms with E-state index in [0.29, 0.717) is 40.4 Å². The summed E-state index contributed by atoms with van der Waals surface area (Å²) >= 11 is 12.5. The summed E-state index contributed by atoms with van der Waals surface area (Å²) in [5.74, 6) is -2.27. The minimum Gasteiger partial charge on any atom is -0.285 e. The van der Waals surface area contributed by atoms with Crippen LogP contribution in [0, 0.1) is 6.92 Å². The molecule has 2 aromatic carbocycles. The summed E-state index contributed by atoms with van der Waals surface area (Å²) in [5.41, 5.74) is 3.88. The van der Waals surface area contributed by atoms with E-state index in [1.54, 1.807) is 49.4 Å². The van der Waals surface area contributed by atoms with E-state index in [1.165, 1.54) is 0 Å². The highest BCUT2D eigenvalue weighted by molar-refractivity contribution is 6.45. The number of amides is 2. The van der Waals surface area contributed by atoms with Gasteiger partial charge in [-0.1, -0.05) is 72.1 Å². The molecule has 0 aliphatic heterocycles. The Balaban J connectivity index is 1.87. The molecule has 0 aromatic heterocycles. The van der Waals surface area contributed by atoms with Gasteiger partial charge in [0.25, 0.3) is 17.6 Å². The highest BCUT2D eigenvalue weighted by atomic mass is 35.5. The fraction of sp³-hybridized carbons (Fsp3) is 0.208. The molecule has 2 aromatic rings. The lowest BCUT2D eigenvalue weighted by atomic mass is 9.87. The molecule has 0 saturated heterocycles. The van der Waals surface area contributed by atoms with Gasteiger partial charge in [0.2, 0.25) is 0 Å². The molecule has 4 nitrogen and oxygen atoms in total. The first-order chi connectivity index (χ1) is 14.3. The molecule has 1 N–H and O–H groups in total. The van der Waals surface area contributed by atoms with Gasteiger partial charge in [-0.25, -0.2) is 0 Å². The summed E-state index contributed by atoms with van der Waals surface area (Å²) in [6.45, 7) is 3.69. The number of ketones is 1. The van der Waals surface area contributed by atoms with E-state index in [0.717, 1.165) is 16.7 Å². The minimum absolute atomic E-state index is 0.276. The van der Waals surface area contributed by atoms with E-state index < -0.39 is 17.6 Å². The maximum absolute atomic E-state index is 12.9. The number of Topliss-reactive ketones (excluding diaryl/α,β-unsaturated/α-hetero) is 1. The molecule has 0 unspecified atom stereocenters. The predicted octanol–water partition coefficient (Wildman–Crippen LogP) is 5.71. The highest BCUT2D eigenvalue weighted by Crippen LogP contribution is 2.37. The van der Waals surface area contributed by atoms with Gasteiger partial charge >= 0.3 is 0 Å². The number of nitrogens with one attached hydrogen (secondary N) is 1. The molecule has 0 bridgehead atoms. The first-order valence-electron chi connectivity index (χ1n) is 9.66. The number of allylic oxidation sites excluding steroid dienone is 2. The molecule has 0 atom stereocenters. The van der Waals surface area contributed by atoms with Gasteiger partial charge in [0, 0.05) is 11.1 Å². The lowest BCUT2D eigenvalue weighted by molar-refractivity contribution is -0.125. The van der Waals surface area contributed by atoms with E-state index in [-0.39, 0.29) is 5.56 Å². The number of aryl methyl sites for hydroxylation is 1. The van der Waals surface area contributed by atoms with Crippen molar-refractivity contribution in [2.75, 3.05) is 0 Å². The molecule has 2 amide bonds. The third-order valence-corrected chi connectivity index (χ3v) is 6.01. The summed E-state index contributed by atoms with van der Waals surface area (Å²) in [5, 5.41) is 3.11. The zero-order chi connectivity index (χ0) is 21.8. The highest BCUT2D eigenvalue weighted by Gasteiger charge is 2.25. The van der Waals surface area contributed by atoms with E-state index >= 15 is 0 Å². The largest absolute Gasteiger partial charge is 0.299 e. The third kappa shape index (κ3) is 4.55. The molecule has 1 aliphatic carbocycles. The van der Waals surface area contributed by atoms with Gasteiger partial charge in [-0.3, -0.25) is 19.7 Å². The van der Waals surface area contributed by atoms with Crippen LogP contribution in [0.1, 0.15) is 47.7 Å². The van der Waals surface area contributed by atoms with Crippen molar-refractivity contribution < 1.29 is 14.4 Å². The van der Waals surface area contributed by atoms with Crippen LogP contribution in [0.5, 0.6) is 0 Å². The zero-order valence-electron chi connectivity index (χ0n) is 16.7. The number of hydrogen-bond acceptors (Lipinski definition) is 3. The van der Waals surface area contributed by atoms with Crippen LogP contribution in [0.25, 0.3) is 5.57 Å². The van der Waals surface area contributed by atoms with Gasteiger partial charge in [0.15, 0.2) is 0 Å². The van der Waals surface area contributed by atoms with Crippen molar-refractivity contribution in [1.29, 1.82) is 0 Å². The Bertz CT molecular complexity index is 1100. The number of rotatable bonds is 5. The van der Waals surface area contributed by atoms with Crippen molar-refractivity contribution in [3.8, 4) is 0 Å². The number of carbonyl (C=O) groups is 3. The van der Waals surface area contributed by atoms with Gasteiger partial charge in [-0.2, -0.15) is 0 Å². The van der Waals surface area contributed by atoms with Crippen molar-refractivity contribution in [2.45, 2.75) is 33.1 Å². The second-order valence-electron chi connectivity index (χ2n) is 7.07. The summed E-state index contributed by atoms with van der Waals surface area (Å²) in [6, 6.07) is 12.1. The van der Waals surface area contributed by atoms with Crippen LogP contribution >= 0.6 is 23.2 Å². The van der Waals surface area contributed by atoms with Gasteiger partial charge in [-0.15, -0.1) is 0 Å². The summed E-state index contributed by atoms with van der Waals surface area (Å²) < 4.78 is 0. The molecule has 0 saturated carbocycles. The van der Waals surface area contributed by atoms with Crippen molar-refractivity contribution >= 4 is 46.4 Å². The van der Waals surface area contributed by atoms with Gasteiger partial charge in [-0.05, 0) is 55.0 Å². The maximum atomic E-state index is 12.9. The Morgan fingerprint density at radius 3 is 2.43 bits per heavy atom. The van der Waals surface area contributed by atoms with E-state index in [9.17, 15) is 14.4 Å². The average Bonchev–Trinajstić information content (AvgIpc) is 2.75. The standard InChI is InChI=1S/C24H21Cl2NO3/c1-3-15-11-12-16(18-9-6-10-20(25)21(18)26)13-19(15)23(29)27-24(30)22(28)17-8-5-4-7-14(17)2/h4-10,13H,3,11-12H2,1-2H3,(H,27,29,30). The van der Waals surface area contributed by atoms with Crippen molar-refractivity contribution in [1.82, 2.24) is 5.32 Å². The van der Waals surface area contributed by atoms with E-state index in [4.69, 9.17) is 23.2 Å². The monoisotopic (exact) mass is 441 g/mol. The smallest absolute Gasteiger partial charge is 0.285 e. The van der Waals surface area contributed by atoms with Crippen LogP contribution in [-0.4, -0.2) is 17.6 Å². The molecular weight excluding hydrogens is 421 g/mol. The van der Waals surface area contributed by atoms with Crippen molar-refractivity contribution in [2.24, 2.45) is 0 Å². The Labute approximate surface area is 185 Å². The van der Waals surface area contributed by atoms with E-state index in [2.05, 4.69) is 5.32 Å². The molecular formula is C24H21Cl2NO3. The second-order valence-corrected chi connectivity index (χ2v) is 7.85. The Kier molecular flexibility index (Phi) is 6.91. The summed E-state index contributed by atoms with van der Waals surface area (Å²) in [6.07, 6.45) is 3.76. The number of imide groups is 1. The lowest BCUT2D eigenvalue weighted by Gasteiger charge is -2.20. The maximum Gasteiger partial charge on any atom is 0.299 e. The second kappa shape index (κ2) is 9.41. The molecule has 0 spiro atoms. The summed E-state index contributed by atoms with van der Waals surface area (Å²) in [4.78, 5) is 37.8. The molecule has 154 valence electrons. The number of carbonyl (C=O) groups excluding carboxylic acids is 3. The first kappa shape index (κ1) is 22.0. The van der Waals surface area contributed by atoms with Gasteiger partial charge in [0.05, 0.1) is 10.0 Å². The van der Waals surface area contributed by atoms with Crippen molar-refractivity contribution in [3.63, 3.8) is 0 Å². The average molecular weight is 442 g/mol. The van der Waals surface area contributed by atoms with Crippen LogP contribution in [0.2, 0.25) is 10.0 Å². The summed E-state index contributed by atoms with van der Waals surface area (Å²) in [7, 11) is 0. The fourth-order valence-electron chi connectivity index (χ4n) is 3.50. The molecule has 30 heavy (non-hydrogen) atoms. The van der Waals surface area contributed by atoms with Gasteiger partial charge < -0.3 is 0 Å². The van der Waals surface area contributed by atoms with Crippen LogP contribution in [-0.2, 0) is 9.59 Å². The Hall–Kier alpha value is -2.69. The first-order valence-corrected chi connectivity index (χ1v) is 10.4. The van der Waals surface area contributed by atoms with Gasteiger partial charge in [0.1, 0.15) is 0 Å². The normalized spacial score (nSPS) is 13.7. The number of halogens is 2. The third-order valence-electron chi connectivity index (χ3n) is 5.19. The number of benzene rings is 2. The zero-order valence-corrected chi connectivity index (χ0v) is 18.2.